The number of amides is 3. The number of carbonyl (C=O) groups is 3. The van der Waals surface area contributed by atoms with Crippen LogP contribution in [0.15, 0.2) is 0 Å². The number of aromatic hydroxyl groups is 2. The smallest absolute Gasteiger partial charge is 0.306 e. The number of nitrogen functional groups attached to an aromatic ring is 2. The molecule has 14 heteroatoms. The van der Waals surface area contributed by atoms with Gasteiger partial charge in [-0.15, -0.1) is 0 Å². The van der Waals surface area contributed by atoms with E-state index < -0.39 is 70.0 Å². The van der Waals surface area contributed by atoms with Crippen LogP contribution in [-0.4, -0.2) is 75.7 Å². The first-order valence-electron chi connectivity index (χ1n) is 7.12. The predicted molar refractivity (Wildman–Crippen MR) is 80.9 cm³/mol. The largest absolute Gasteiger partial charge is 0.504 e. The molecule has 1 saturated heterocycles. The van der Waals surface area contributed by atoms with Gasteiger partial charge in [0.25, 0.3) is 29.2 Å². The third kappa shape index (κ3) is 1.87. The highest BCUT2D eigenvalue weighted by atomic mass is 16.6. The molecule has 0 radical (unpaired) electrons. The van der Waals surface area contributed by atoms with Gasteiger partial charge in [-0.1, -0.05) is 0 Å². The van der Waals surface area contributed by atoms with Crippen molar-refractivity contribution in [2.45, 2.75) is 23.8 Å². The van der Waals surface area contributed by atoms with Gasteiger partial charge in [-0.2, -0.15) is 0 Å². The monoisotopic (exact) mass is 386 g/mol. The molecule has 0 aliphatic carbocycles. The average molecular weight is 386 g/mol. The van der Waals surface area contributed by atoms with E-state index in [2.05, 4.69) is 0 Å². The minimum atomic E-state index is -4.30. The SMILES string of the molecule is Nc1c(N)c2c(c(O)c1O)C(=O)N(C1(O)C(=O)NC(=O)C(O)(O)C1(O)O)C2. The molecule has 1 aromatic rings. The van der Waals surface area contributed by atoms with Crippen molar-refractivity contribution in [3.05, 3.63) is 11.1 Å². The number of nitrogens with one attached hydrogen (secondary N) is 1. The standard InChI is InChI=1S/C13H14N4O10/c14-4-2-1-17(8(20)3(2)6(18)7(19)5(4)15)11(23)9(21)16-10(22)12(24,25)13(11,26)27/h18-19,23-27H,1,14-15H2,(H,16,21,22). The third-order valence-electron chi connectivity index (χ3n) is 4.63. The molecule has 0 saturated carbocycles. The number of fused-ring (bicyclic) bond motifs is 1. The molecule has 1 unspecified atom stereocenters. The van der Waals surface area contributed by atoms with Crippen LogP contribution in [0.25, 0.3) is 0 Å². The summed E-state index contributed by atoms with van der Waals surface area (Å²) in [5.41, 5.74) is 5.31. The van der Waals surface area contributed by atoms with Gasteiger partial charge in [-0.05, 0) is 0 Å². The van der Waals surface area contributed by atoms with E-state index in [-0.39, 0.29) is 10.5 Å². The van der Waals surface area contributed by atoms with Gasteiger partial charge in [0, 0.05) is 5.56 Å². The van der Waals surface area contributed by atoms with Crippen LogP contribution in [0, 0.1) is 0 Å². The lowest BCUT2D eigenvalue weighted by atomic mass is 9.86. The fourth-order valence-electron chi connectivity index (χ4n) is 2.98. The summed E-state index contributed by atoms with van der Waals surface area (Å²) in [5, 5.41) is 70.9. The van der Waals surface area contributed by atoms with E-state index in [4.69, 9.17) is 11.5 Å². The maximum absolute atomic E-state index is 12.6. The quantitative estimate of drug-likeness (QED) is 0.0714. The van der Waals surface area contributed by atoms with E-state index in [1.807, 2.05) is 0 Å². The van der Waals surface area contributed by atoms with Crippen LogP contribution in [-0.2, 0) is 16.1 Å². The summed E-state index contributed by atoms with van der Waals surface area (Å²) in [6.07, 6.45) is 0. The Morgan fingerprint density at radius 1 is 0.889 bits per heavy atom. The Morgan fingerprint density at radius 2 is 1.44 bits per heavy atom. The summed E-state index contributed by atoms with van der Waals surface area (Å²) < 4.78 is 0. The minimum Gasteiger partial charge on any atom is -0.504 e. The number of benzene rings is 1. The Labute approximate surface area is 148 Å². The Balaban J connectivity index is 2.22. The first-order valence-corrected chi connectivity index (χ1v) is 7.12. The fourth-order valence-corrected chi connectivity index (χ4v) is 2.98. The third-order valence-corrected chi connectivity index (χ3v) is 4.63. The number of imide groups is 1. The van der Waals surface area contributed by atoms with E-state index in [0.29, 0.717) is 0 Å². The molecule has 2 aliphatic heterocycles. The molecular weight excluding hydrogens is 372 g/mol. The number of rotatable bonds is 1. The number of aliphatic hydroxyl groups is 5. The summed E-state index contributed by atoms with van der Waals surface area (Å²) in [4.78, 5) is 36.2. The molecular formula is C13H14N4O10. The second-order valence-electron chi connectivity index (χ2n) is 6.07. The molecule has 1 atom stereocenters. The summed E-state index contributed by atoms with van der Waals surface area (Å²) >= 11 is 0. The summed E-state index contributed by atoms with van der Waals surface area (Å²) in [5.74, 6) is -15.8. The highest BCUT2D eigenvalue weighted by molar-refractivity contribution is 6.11. The summed E-state index contributed by atoms with van der Waals surface area (Å²) in [6.45, 7) is -0.880. The fraction of sp³-hybridized carbons (Fsp3) is 0.308. The highest BCUT2D eigenvalue weighted by Gasteiger charge is 2.76. The molecule has 12 N–H and O–H groups in total. The van der Waals surface area contributed by atoms with Crippen molar-refractivity contribution in [1.29, 1.82) is 0 Å². The number of phenolic OH excluding ortho intramolecular Hbond substituents is 2. The Kier molecular flexibility index (Phi) is 3.42. The molecule has 2 aliphatic rings. The van der Waals surface area contributed by atoms with Gasteiger partial charge in [-0.3, -0.25) is 24.6 Å². The molecule has 2 heterocycles. The van der Waals surface area contributed by atoms with Gasteiger partial charge >= 0.3 is 5.79 Å². The number of hydrogen-bond acceptors (Lipinski definition) is 12. The Morgan fingerprint density at radius 3 is 2.00 bits per heavy atom. The van der Waals surface area contributed by atoms with E-state index in [1.54, 1.807) is 0 Å². The summed E-state index contributed by atoms with van der Waals surface area (Å²) in [7, 11) is 0. The van der Waals surface area contributed by atoms with Crippen LogP contribution >= 0.6 is 0 Å². The van der Waals surface area contributed by atoms with Crippen LogP contribution in [0.1, 0.15) is 15.9 Å². The van der Waals surface area contributed by atoms with Crippen molar-refractivity contribution in [1.82, 2.24) is 10.2 Å². The normalized spacial score (nSPS) is 26.1. The van der Waals surface area contributed by atoms with E-state index in [9.17, 15) is 50.1 Å². The summed E-state index contributed by atoms with van der Waals surface area (Å²) in [6, 6.07) is 0. The molecule has 0 bridgehead atoms. The molecule has 14 nitrogen and oxygen atoms in total. The second-order valence-corrected chi connectivity index (χ2v) is 6.07. The van der Waals surface area contributed by atoms with Gasteiger partial charge in [0.2, 0.25) is 0 Å². The van der Waals surface area contributed by atoms with Crippen molar-refractivity contribution in [2.24, 2.45) is 0 Å². The zero-order valence-corrected chi connectivity index (χ0v) is 13.2. The molecule has 1 fully saturated rings. The van der Waals surface area contributed by atoms with Crippen molar-refractivity contribution in [3.8, 4) is 11.5 Å². The number of nitrogens with zero attached hydrogens (tertiary/aromatic N) is 1. The molecule has 146 valence electrons. The van der Waals surface area contributed by atoms with Crippen LogP contribution in [0.2, 0.25) is 0 Å². The topological polar surface area (TPSA) is 260 Å². The highest BCUT2D eigenvalue weighted by Crippen LogP contribution is 2.49. The zero-order chi connectivity index (χ0) is 20.7. The van der Waals surface area contributed by atoms with E-state index in [0.717, 1.165) is 0 Å². The van der Waals surface area contributed by atoms with Gasteiger partial charge in [0.1, 0.15) is 5.69 Å². The Bertz CT molecular complexity index is 926. The van der Waals surface area contributed by atoms with Gasteiger partial charge < -0.3 is 47.2 Å². The predicted octanol–water partition coefficient (Wildman–Crippen LogP) is -5.08. The maximum Gasteiger partial charge on any atom is 0.306 e. The van der Waals surface area contributed by atoms with E-state index in [1.165, 1.54) is 5.32 Å². The number of hydrogen-bond donors (Lipinski definition) is 10. The lowest BCUT2D eigenvalue weighted by Crippen LogP contribution is -2.85. The zero-order valence-electron chi connectivity index (χ0n) is 13.2. The van der Waals surface area contributed by atoms with Crippen LogP contribution in [0.4, 0.5) is 11.4 Å². The van der Waals surface area contributed by atoms with E-state index >= 15 is 0 Å². The molecule has 1 aromatic carbocycles. The van der Waals surface area contributed by atoms with Crippen LogP contribution in [0.3, 0.4) is 0 Å². The Hall–Kier alpha value is -3.17. The molecule has 3 amide bonds. The lowest BCUT2D eigenvalue weighted by molar-refractivity contribution is -0.407. The minimum absolute atomic E-state index is 0.00951. The number of phenols is 2. The van der Waals surface area contributed by atoms with Crippen molar-refractivity contribution in [3.63, 3.8) is 0 Å². The second kappa shape index (κ2) is 4.96. The lowest BCUT2D eigenvalue weighted by Gasteiger charge is -2.49. The van der Waals surface area contributed by atoms with Crippen molar-refractivity contribution in [2.75, 3.05) is 11.5 Å². The van der Waals surface area contributed by atoms with Crippen molar-refractivity contribution >= 4 is 29.1 Å². The molecule has 3 rings (SSSR count). The van der Waals surface area contributed by atoms with Crippen LogP contribution < -0.4 is 16.8 Å². The maximum atomic E-state index is 12.6. The molecule has 0 aromatic heterocycles. The van der Waals surface area contributed by atoms with Crippen molar-refractivity contribution < 1.29 is 50.1 Å². The molecule has 0 spiro atoms. The first-order chi connectivity index (χ1) is 12.2. The van der Waals surface area contributed by atoms with Gasteiger partial charge in [0.15, 0.2) is 11.5 Å². The number of piperidine rings is 1. The van der Waals surface area contributed by atoms with Gasteiger partial charge in [-0.25, -0.2) is 0 Å². The van der Waals surface area contributed by atoms with Crippen LogP contribution in [0.5, 0.6) is 11.5 Å². The molecule has 27 heavy (non-hydrogen) atoms. The average Bonchev–Trinajstić information content (AvgIpc) is 2.93. The first kappa shape index (κ1) is 18.6. The number of carbonyl (C=O) groups excluding carboxylic acids is 3. The number of anilines is 2. The number of nitrogens with two attached hydrogens (primary N) is 2. The van der Waals surface area contributed by atoms with Gasteiger partial charge in [0.05, 0.1) is 17.8 Å².